The Kier molecular flexibility index (Phi) is 12.5. The fraction of sp³-hybridized carbons (Fsp3) is 1.00. The first-order chi connectivity index (χ1) is 7.58. The van der Waals surface area contributed by atoms with E-state index in [9.17, 15) is 0 Å². The van der Waals surface area contributed by atoms with Crippen LogP contribution in [0.5, 0.6) is 0 Å². The highest BCUT2D eigenvalue weighted by Crippen LogP contribution is 2.58. The van der Waals surface area contributed by atoms with Crippen molar-refractivity contribution in [2.24, 2.45) is 0 Å². The maximum atomic E-state index is 6.30. The first-order valence-corrected chi connectivity index (χ1v) is 9.42. The Morgan fingerprint density at radius 3 is 1.06 bits per heavy atom. The fourth-order valence-corrected chi connectivity index (χ4v) is 8.32. The zero-order valence-corrected chi connectivity index (χ0v) is 14.1. The van der Waals surface area contributed by atoms with Gasteiger partial charge in [0.05, 0.1) is 15.4 Å². The van der Waals surface area contributed by atoms with E-state index < -0.39 is 7.92 Å². The van der Waals surface area contributed by atoms with Crippen LogP contribution in [0, 0.1) is 0 Å². The quantitative estimate of drug-likeness (QED) is 0.344. The Morgan fingerprint density at radius 2 is 0.875 bits per heavy atom. The molecule has 7 heteroatoms. The molecule has 0 fully saturated rings. The highest BCUT2D eigenvalue weighted by molar-refractivity contribution is 7.64. The van der Waals surface area contributed by atoms with Crippen LogP contribution in [0.4, 0.5) is 0 Å². The van der Waals surface area contributed by atoms with Gasteiger partial charge in [0.2, 0.25) is 0 Å². The van der Waals surface area contributed by atoms with Crippen molar-refractivity contribution in [3.63, 3.8) is 0 Å². The van der Waals surface area contributed by atoms with Crippen molar-refractivity contribution in [2.75, 3.05) is 17.6 Å². The summed E-state index contributed by atoms with van der Waals surface area (Å²) in [5.74, 6) is 1.55. The molecule has 0 radical (unpaired) electrons. The molecular weight excluding hydrogens is 352 g/mol. The van der Waals surface area contributed by atoms with Gasteiger partial charge in [0.25, 0.3) is 0 Å². The molecule has 0 spiro atoms. The highest BCUT2D eigenvalue weighted by Gasteiger charge is 2.31. The Balaban J connectivity index is 4.47. The lowest BCUT2D eigenvalue weighted by Crippen LogP contribution is -2.15. The molecule has 0 heterocycles. The monoisotopic (exact) mass is 364 g/mol. The number of hydrogen-bond acceptors (Lipinski definition) is 0. The van der Waals surface area contributed by atoms with Crippen LogP contribution in [-0.2, 0) is 0 Å². The Labute approximate surface area is 129 Å². The van der Waals surface area contributed by atoms with Gasteiger partial charge in [-0.1, -0.05) is 7.92 Å². The second-order valence-electron chi connectivity index (χ2n) is 3.18. The van der Waals surface area contributed by atoms with Crippen LogP contribution in [0.3, 0.4) is 0 Å². The first kappa shape index (κ1) is 18.2. The molecule has 0 nitrogen and oxygen atoms in total. The van der Waals surface area contributed by atoms with Crippen molar-refractivity contribution in [1.82, 2.24) is 0 Å². The minimum absolute atomic E-state index is 0.0658. The summed E-state index contributed by atoms with van der Waals surface area (Å²) in [6, 6.07) is 0. The van der Waals surface area contributed by atoms with E-state index in [2.05, 4.69) is 0 Å². The molecule has 0 amide bonds. The third kappa shape index (κ3) is 6.93. The van der Waals surface area contributed by atoms with Gasteiger partial charge < -0.3 is 0 Å². The summed E-state index contributed by atoms with van der Waals surface area (Å²) in [5, 5.41) is -0.197. The second kappa shape index (κ2) is 11.0. The van der Waals surface area contributed by atoms with Crippen LogP contribution < -0.4 is 0 Å². The van der Waals surface area contributed by atoms with Crippen LogP contribution in [0.15, 0.2) is 0 Å². The van der Waals surface area contributed by atoms with Gasteiger partial charge in [0, 0.05) is 17.6 Å². The number of halogens is 6. The molecule has 16 heavy (non-hydrogen) atoms. The van der Waals surface area contributed by atoms with E-state index in [0.717, 1.165) is 0 Å². The summed E-state index contributed by atoms with van der Waals surface area (Å²) in [4.78, 5) is 0. The molecule has 0 aromatic heterocycles. The van der Waals surface area contributed by atoms with Crippen LogP contribution in [-0.4, -0.2) is 33.0 Å². The number of hydrogen-bond donors (Lipinski definition) is 0. The normalized spacial score (nSPS) is 19.1. The summed E-state index contributed by atoms with van der Waals surface area (Å²) < 4.78 is 0. The molecule has 0 saturated carbocycles. The van der Waals surface area contributed by atoms with Gasteiger partial charge in [-0.25, -0.2) is 0 Å². The van der Waals surface area contributed by atoms with Gasteiger partial charge in [-0.05, 0) is 19.3 Å². The Bertz CT molecular complexity index is 142. The van der Waals surface area contributed by atoms with Crippen molar-refractivity contribution in [2.45, 2.75) is 34.6 Å². The summed E-state index contributed by atoms with van der Waals surface area (Å²) >= 11 is 36.0. The van der Waals surface area contributed by atoms with Crippen LogP contribution in [0.2, 0.25) is 0 Å². The van der Waals surface area contributed by atoms with E-state index in [0.29, 0.717) is 36.9 Å². The molecule has 0 aliphatic carbocycles. The van der Waals surface area contributed by atoms with Gasteiger partial charge in [0.1, 0.15) is 0 Å². The molecule has 0 saturated heterocycles. The topological polar surface area (TPSA) is 0 Å². The highest BCUT2D eigenvalue weighted by atomic mass is 35.5. The van der Waals surface area contributed by atoms with Crippen molar-refractivity contribution in [3.05, 3.63) is 0 Å². The average Bonchev–Trinajstić information content (AvgIpc) is 2.19. The fourth-order valence-electron chi connectivity index (χ4n) is 1.24. The lowest BCUT2D eigenvalue weighted by atomic mass is 10.5. The standard InChI is InChI=1S/C9H15Cl6P/c10-4-1-7(13)16(8(14)2-5-11)9(15)3-6-12/h7-9H,1-6H2. The number of alkyl halides is 6. The van der Waals surface area contributed by atoms with Gasteiger partial charge in [-0.2, -0.15) is 0 Å². The molecule has 0 aromatic rings. The lowest BCUT2D eigenvalue weighted by molar-refractivity contribution is 0.950. The van der Waals surface area contributed by atoms with Crippen LogP contribution in [0.25, 0.3) is 0 Å². The number of rotatable bonds is 9. The van der Waals surface area contributed by atoms with E-state index in [1.807, 2.05) is 0 Å². The molecule has 3 unspecified atom stereocenters. The summed E-state index contributed by atoms with van der Waals surface area (Å²) in [6.07, 6.45) is 2.14. The Morgan fingerprint density at radius 1 is 0.625 bits per heavy atom. The molecule has 0 N–H and O–H groups in total. The Hall–Kier alpha value is 2.17. The zero-order chi connectivity index (χ0) is 12.6. The van der Waals surface area contributed by atoms with E-state index >= 15 is 0 Å². The van der Waals surface area contributed by atoms with Crippen LogP contribution in [0.1, 0.15) is 19.3 Å². The maximum absolute atomic E-state index is 6.30. The van der Waals surface area contributed by atoms with E-state index in [1.165, 1.54) is 0 Å². The predicted molar refractivity (Wildman–Crippen MR) is 81.9 cm³/mol. The summed E-state index contributed by atoms with van der Waals surface area (Å²) in [5.41, 5.74) is 0. The molecule has 0 aliphatic rings. The van der Waals surface area contributed by atoms with Crippen molar-refractivity contribution >= 4 is 77.5 Å². The molecular formula is C9H15Cl6P. The third-order valence-electron chi connectivity index (χ3n) is 2.01. The van der Waals surface area contributed by atoms with Crippen molar-refractivity contribution in [1.29, 1.82) is 0 Å². The molecule has 0 rings (SSSR count). The largest absolute Gasteiger partial charge is 0.127 e. The van der Waals surface area contributed by atoms with Gasteiger partial charge in [0.15, 0.2) is 0 Å². The molecule has 0 aliphatic heterocycles. The predicted octanol–water partition coefficient (Wildman–Crippen LogP) is 6.05. The first-order valence-electron chi connectivity index (χ1n) is 4.96. The molecule has 98 valence electrons. The lowest BCUT2D eigenvalue weighted by Gasteiger charge is -2.30. The van der Waals surface area contributed by atoms with Crippen molar-refractivity contribution < 1.29 is 0 Å². The zero-order valence-electron chi connectivity index (χ0n) is 8.69. The minimum atomic E-state index is -0.719. The smallest absolute Gasteiger partial charge is 0.0572 e. The average molecular weight is 367 g/mol. The van der Waals surface area contributed by atoms with E-state index in [4.69, 9.17) is 69.6 Å². The second-order valence-corrected chi connectivity index (χ2v) is 9.58. The minimum Gasteiger partial charge on any atom is -0.127 e. The third-order valence-corrected chi connectivity index (χ3v) is 8.07. The van der Waals surface area contributed by atoms with Gasteiger partial charge in [-0.3, -0.25) is 0 Å². The van der Waals surface area contributed by atoms with Crippen molar-refractivity contribution in [3.8, 4) is 0 Å². The van der Waals surface area contributed by atoms with Gasteiger partial charge in [-0.15, -0.1) is 69.6 Å². The summed E-state index contributed by atoms with van der Waals surface area (Å²) in [7, 11) is -0.719. The van der Waals surface area contributed by atoms with Crippen LogP contribution >= 0.6 is 77.5 Å². The molecule has 0 aromatic carbocycles. The SMILES string of the molecule is ClCCC(Cl)P(C(Cl)CCCl)C(Cl)CCCl. The molecule has 3 atom stereocenters. The molecule has 0 bridgehead atoms. The summed E-state index contributed by atoms with van der Waals surface area (Å²) in [6.45, 7) is 0. The maximum Gasteiger partial charge on any atom is 0.0572 e. The van der Waals surface area contributed by atoms with E-state index in [-0.39, 0.29) is 15.4 Å². The van der Waals surface area contributed by atoms with E-state index in [1.54, 1.807) is 0 Å². The van der Waals surface area contributed by atoms with Gasteiger partial charge >= 0.3 is 0 Å².